The molecule has 2 rings (SSSR count). The normalized spacial score (nSPS) is 19.7. The van der Waals surface area contributed by atoms with Gasteiger partial charge in [-0.3, -0.25) is 9.69 Å². The Morgan fingerprint density at radius 3 is 2.39 bits per heavy atom. The lowest BCUT2D eigenvalue weighted by Crippen LogP contribution is -2.37. The molecule has 18 heavy (non-hydrogen) atoms. The highest BCUT2D eigenvalue weighted by molar-refractivity contribution is 5.70. The number of benzene rings is 1. The van der Waals surface area contributed by atoms with Crippen molar-refractivity contribution in [3.8, 4) is 0 Å². The van der Waals surface area contributed by atoms with Crippen LogP contribution in [0.15, 0.2) is 24.3 Å². The zero-order valence-corrected chi connectivity index (χ0v) is 10.5. The molecule has 4 heteroatoms. The summed E-state index contributed by atoms with van der Waals surface area (Å²) in [5.41, 5.74) is 1.07. The van der Waals surface area contributed by atoms with Crippen LogP contribution in [0.1, 0.15) is 31.4 Å². The molecule has 1 atom stereocenters. The van der Waals surface area contributed by atoms with Crippen molar-refractivity contribution >= 4 is 5.97 Å². The van der Waals surface area contributed by atoms with E-state index in [0.717, 1.165) is 18.7 Å². The fourth-order valence-electron chi connectivity index (χ4n) is 2.49. The monoisotopic (exact) mass is 251 g/mol. The Labute approximate surface area is 106 Å². The van der Waals surface area contributed by atoms with Crippen LogP contribution in [0.25, 0.3) is 0 Å². The Kier molecular flexibility index (Phi) is 3.97. The third-order valence-corrected chi connectivity index (χ3v) is 3.78. The SMILES string of the molecule is CC(c1ccc(F)cc1)N1CCC(C(=O)O)CC1. The van der Waals surface area contributed by atoms with E-state index >= 15 is 0 Å². The molecule has 98 valence electrons. The highest BCUT2D eigenvalue weighted by atomic mass is 19.1. The van der Waals surface area contributed by atoms with Crippen LogP contribution in [-0.4, -0.2) is 29.1 Å². The Bertz CT molecular complexity index is 410. The number of carboxylic acid groups (broad SMARTS) is 1. The molecule has 0 bridgehead atoms. The van der Waals surface area contributed by atoms with Gasteiger partial charge in [-0.1, -0.05) is 12.1 Å². The molecule has 1 aromatic rings. The van der Waals surface area contributed by atoms with Gasteiger partial charge in [0.15, 0.2) is 0 Å². The highest BCUT2D eigenvalue weighted by Crippen LogP contribution is 2.26. The van der Waals surface area contributed by atoms with E-state index in [2.05, 4.69) is 11.8 Å². The second-order valence-electron chi connectivity index (χ2n) is 4.88. The maximum absolute atomic E-state index is 12.9. The second kappa shape index (κ2) is 5.48. The molecule has 0 amide bonds. The minimum Gasteiger partial charge on any atom is -0.481 e. The summed E-state index contributed by atoms with van der Waals surface area (Å²) in [6, 6.07) is 6.73. The van der Waals surface area contributed by atoms with Gasteiger partial charge < -0.3 is 5.11 Å². The number of hydrogen-bond acceptors (Lipinski definition) is 2. The molecule has 3 nitrogen and oxygen atoms in total. The van der Waals surface area contributed by atoms with E-state index in [0.29, 0.717) is 12.8 Å². The molecule has 0 aliphatic carbocycles. The van der Waals surface area contributed by atoms with Crippen molar-refractivity contribution in [1.82, 2.24) is 4.90 Å². The predicted octanol–water partition coefficient (Wildman–Crippen LogP) is 2.68. The van der Waals surface area contributed by atoms with Gasteiger partial charge in [0, 0.05) is 6.04 Å². The van der Waals surface area contributed by atoms with Crippen molar-refractivity contribution in [3.63, 3.8) is 0 Å². The third kappa shape index (κ3) is 2.88. The highest BCUT2D eigenvalue weighted by Gasteiger charge is 2.27. The lowest BCUT2D eigenvalue weighted by molar-refractivity contribution is -0.143. The summed E-state index contributed by atoms with van der Waals surface area (Å²) >= 11 is 0. The lowest BCUT2D eigenvalue weighted by atomic mass is 9.95. The maximum atomic E-state index is 12.9. The van der Waals surface area contributed by atoms with Crippen molar-refractivity contribution in [1.29, 1.82) is 0 Å². The zero-order valence-electron chi connectivity index (χ0n) is 10.5. The lowest BCUT2D eigenvalue weighted by Gasteiger charge is -2.34. The molecule has 0 spiro atoms. The zero-order chi connectivity index (χ0) is 13.1. The van der Waals surface area contributed by atoms with Crippen LogP contribution in [0, 0.1) is 11.7 Å². The molecule has 1 heterocycles. The van der Waals surface area contributed by atoms with Crippen LogP contribution in [0.5, 0.6) is 0 Å². The van der Waals surface area contributed by atoms with E-state index in [1.807, 2.05) is 0 Å². The molecule has 1 aromatic carbocycles. The first-order valence-corrected chi connectivity index (χ1v) is 6.30. The van der Waals surface area contributed by atoms with Gasteiger partial charge in [0.05, 0.1) is 5.92 Å². The molecule has 1 aliphatic heterocycles. The molecule has 1 N–H and O–H groups in total. The van der Waals surface area contributed by atoms with E-state index < -0.39 is 5.97 Å². The van der Waals surface area contributed by atoms with Gasteiger partial charge in [-0.2, -0.15) is 0 Å². The molecular weight excluding hydrogens is 233 g/mol. The number of hydrogen-bond donors (Lipinski definition) is 1. The van der Waals surface area contributed by atoms with E-state index in [1.54, 1.807) is 12.1 Å². The Hall–Kier alpha value is -1.42. The van der Waals surface area contributed by atoms with Gasteiger partial charge in [0.25, 0.3) is 0 Å². The van der Waals surface area contributed by atoms with Gasteiger partial charge in [-0.25, -0.2) is 4.39 Å². The van der Waals surface area contributed by atoms with Crippen LogP contribution in [0.4, 0.5) is 4.39 Å². The largest absolute Gasteiger partial charge is 0.481 e. The first-order chi connectivity index (χ1) is 8.58. The van der Waals surface area contributed by atoms with Crippen LogP contribution >= 0.6 is 0 Å². The number of carbonyl (C=O) groups is 1. The summed E-state index contributed by atoms with van der Waals surface area (Å²) in [7, 11) is 0. The van der Waals surface area contributed by atoms with Crippen LogP contribution in [0.3, 0.4) is 0 Å². The predicted molar refractivity (Wildman–Crippen MR) is 66.7 cm³/mol. The maximum Gasteiger partial charge on any atom is 0.306 e. The molecule has 1 aliphatic rings. The van der Waals surface area contributed by atoms with Gasteiger partial charge in [-0.15, -0.1) is 0 Å². The molecule has 0 radical (unpaired) electrons. The smallest absolute Gasteiger partial charge is 0.306 e. The average Bonchev–Trinajstić information content (AvgIpc) is 2.39. The van der Waals surface area contributed by atoms with E-state index in [9.17, 15) is 9.18 Å². The topological polar surface area (TPSA) is 40.5 Å². The summed E-state index contributed by atoms with van der Waals surface area (Å²) < 4.78 is 12.9. The summed E-state index contributed by atoms with van der Waals surface area (Å²) in [5.74, 6) is -1.12. The van der Waals surface area contributed by atoms with Gasteiger partial charge >= 0.3 is 5.97 Å². The number of piperidine rings is 1. The first kappa shape index (κ1) is 13.0. The van der Waals surface area contributed by atoms with E-state index in [-0.39, 0.29) is 17.8 Å². The minimum atomic E-state index is -0.691. The quantitative estimate of drug-likeness (QED) is 0.898. The first-order valence-electron chi connectivity index (χ1n) is 6.30. The van der Waals surface area contributed by atoms with Crippen molar-refractivity contribution in [2.24, 2.45) is 5.92 Å². The average molecular weight is 251 g/mol. The fourth-order valence-corrected chi connectivity index (χ4v) is 2.49. The molecule has 1 unspecified atom stereocenters. The van der Waals surface area contributed by atoms with Crippen molar-refractivity contribution in [2.75, 3.05) is 13.1 Å². The van der Waals surface area contributed by atoms with Gasteiger partial charge in [0.1, 0.15) is 5.82 Å². The van der Waals surface area contributed by atoms with Crippen LogP contribution in [-0.2, 0) is 4.79 Å². The number of aliphatic carboxylic acids is 1. The summed E-state index contributed by atoms with van der Waals surface area (Å²) in [4.78, 5) is 13.1. The molecule has 0 saturated carbocycles. The number of likely N-dealkylation sites (tertiary alicyclic amines) is 1. The Balaban J connectivity index is 1.97. The standard InChI is InChI=1S/C14H18FNO2/c1-10(11-2-4-13(15)5-3-11)16-8-6-12(7-9-16)14(17)18/h2-5,10,12H,6-9H2,1H3,(H,17,18). The number of nitrogens with zero attached hydrogens (tertiary/aromatic N) is 1. The molecule has 1 fully saturated rings. The Morgan fingerprint density at radius 2 is 1.89 bits per heavy atom. The number of halogens is 1. The van der Waals surface area contributed by atoms with Crippen LogP contribution < -0.4 is 0 Å². The summed E-state index contributed by atoms with van der Waals surface area (Å²) in [6.07, 6.45) is 1.39. The number of rotatable bonds is 3. The second-order valence-corrected chi connectivity index (χ2v) is 4.88. The summed E-state index contributed by atoms with van der Waals surface area (Å²) in [5, 5.41) is 8.95. The van der Waals surface area contributed by atoms with Crippen LogP contribution in [0.2, 0.25) is 0 Å². The third-order valence-electron chi connectivity index (χ3n) is 3.78. The fraction of sp³-hybridized carbons (Fsp3) is 0.500. The van der Waals surface area contributed by atoms with Gasteiger partial charge in [-0.05, 0) is 50.6 Å². The van der Waals surface area contributed by atoms with Gasteiger partial charge in [0.2, 0.25) is 0 Å². The number of carboxylic acids is 1. The van der Waals surface area contributed by atoms with Crippen molar-refractivity contribution < 1.29 is 14.3 Å². The van der Waals surface area contributed by atoms with Crippen molar-refractivity contribution in [3.05, 3.63) is 35.6 Å². The summed E-state index contributed by atoms with van der Waals surface area (Å²) in [6.45, 7) is 3.65. The van der Waals surface area contributed by atoms with E-state index in [1.165, 1.54) is 12.1 Å². The molecular formula is C14H18FNO2. The van der Waals surface area contributed by atoms with E-state index in [4.69, 9.17) is 5.11 Å². The van der Waals surface area contributed by atoms with Crippen molar-refractivity contribution in [2.45, 2.75) is 25.8 Å². The Morgan fingerprint density at radius 1 is 1.33 bits per heavy atom. The molecule has 1 saturated heterocycles. The minimum absolute atomic E-state index is 0.207. The molecule has 0 aromatic heterocycles.